The van der Waals surface area contributed by atoms with E-state index in [0.717, 1.165) is 0 Å². The second-order valence-electron chi connectivity index (χ2n) is 1.88. The molecule has 0 aromatic heterocycles. The van der Waals surface area contributed by atoms with Crippen molar-refractivity contribution in [2.45, 2.75) is 0 Å². The first-order valence-electron chi connectivity index (χ1n) is 2.63. The fourth-order valence-corrected chi connectivity index (χ4v) is 1.59. The molecule has 0 atom stereocenters. The van der Waals surface area contributed by atoms with E-state index in [1.54, 1.807) is 0 Å². The summed E-state index contributed by atoms with van der Waals surface area (Å²) in [7, 11) is 0. The monoisotopic (exact) mass is 326 g/mol. The van der Waals surface area contributed by atoms with Crippen molar-refractivity contribution >= 4 is 45.8 Å². The standard InChI is InChI=1S/C6Cl2F3I/c7-1-2(8)4(10)6(12)5(11)3(1)9. The third kappa shape index (κ3) is 1.52. The molecule has 0 saturated heterocycles. The first-order chi connectivity index (χ1) is 5.46. The summed E-state index contributed by atoms with van der Waals surface area (Å²) in [6.07, 6.45) is 0. The van der Waals surface area contributed by atoms with Crippen molar-refractivity contribution < 1.29 is 13.2 Å². The van der Waals surface area contributed by atoms with Gasteiger partial charge in [0.25, 0.3) is 0 Å². The highest BCUT2D eigenvalue weighted by Gasteiger charge is 2.20. The van der Waals surface area contributed by atoms with Crippen LogP contribution in [0.2, 0.25) is 10.0 Å². The van der Waals surface area contributed by atoms with E-state index >= 15 is 0 Å². The predicted molar refractivity (Wildman–Crippen MR) is 49.1 cm³/mol. The summed E-state index contributed by atoms with van der Waals surface area (Å²) in [5, 5.41) is -1.33. The van der Waals surface area contributed by atoms with E-state index in [2.05, 4.69) is 0 Å². The van der Waals surface area contributed by atoms with Crippen LogP contribution < -0.4 is 0 Å². The summed E-state index contributed by atoms with van der Waals surface area (Å²) >= 11 is 11.7. The third-order valence-corrected chi connectivity index (χ3v) is 2.91. The average molecular weight is 327 g/mol. The Morgan fingerprint density at radius 1 is 0.833 bits per heavy atom. The smallest absolute Gasteiger partial charge is 0.180 e. The van der Waals surface area contributed by atoms with Crippen LogP contribution in [-0.2, 0) is 0 Å². The van der Waals surface area contributed by atoms with Crippen molar-refractivity contribution in [3.63, 3.8) is 0 Å². The van der Waals surface area contributed by atoms with Crippen LogP contribution in [0.15, 0.2) is 0 Å². The minimum atomic E-state index is -1.33. The largest absolute Gasteiger partial charge is 0.204 e. The van der Waals surface area contributed by atoms with E-state index in [9.17, 15) is 13.2 Å². The summed E-state index contributed by atoms with van der Waals surface area (Å²) in [5.41, 5.74) is 0. The van der Waals surface area contributed by atoms with E-state index in [-0.39, 0.29) is 0 Å². The maximum atomic E-state index is 12.8. The quantitative estimate of drug-likeness (QED) is 0.384. The van der Waals surface area contributed by atoms with Crippen LogP contribution >= 0.6 is 45.8 Å². The molecule has 0 aliphatic heterocycles. The maximum absolute atomic E-state index is 12.8. The van der Waals surface area contributed by atoms with Crippen LogP contribution in [0.25, 0.3) is 0 Å². The Hall–Kier alpha value is 0.320. The molecule has 6 heteroatoms. The number of halogens is 6. The van der Waals surface area contributed by atoms with Gasteiger partial charge in [-0.1, -0.05) is 23.2 Å². The molecule has 0 radical (unpaired) electrons. The molecule has 0 nitrogen and oxygen atoms in total. The van der Waals surface area contributed by atoms with Gasteiger partial charge in [-0.25, -0.2) is 13.2 Å². The number of hydrogen-bond acceptors (Lipinski definition) is 0. The molecule has 0 N–H and O–H groups in total. The Morgan fingerprint density at radius 3 is 1.75 bits per heavy atom. The van der Waals surface area contributed by atoms with Crippen LogP contribution in [0, 0.1) is 21.0 Å². The summed E-state index contributed by atoms with van der Waals surface area (Å²) in [5.74, 6) is -3.68. The molecule has 66 valence electrons. The minimum Gasteiger partial charge on any atom is -0.204 e. The van der Waals surface area contributed by atoms with E-state index in [4.69, 9.17) is 23.2 Å². The van der Waals surface area contributed by atoms with Gasteiger partial charge >= 0.3 is 0 Å². The van der Waals surface area contributed by atoms with Crippen LogP contribution in [0.3, 0.4) is 0 Å². The van der Waals surface area contributed by atoms with Gasteiger partial charge < -0.3 is 0 Å². The van der Waals surface area contributed by atoms with Gasteiger partial charge in [0.2, 0.25) is 0 Å². The fourth-order valence-electron chi connectivity index (χ4n) is 0.578. The molecule has 0 aliphatic carbocycles. The van der Waals surface area contributed by atoms with E-state index in [0.29, 0.717) is 0 Å². The Balaban J connectivity index is 3.60. The highest BCUT2D eigenvalue weighted by atomic mass is 127. The molecule has 0 aliphatic rings. The highest BCUT2D eigenvalue weighted by Crippen LogP contribution is 2.33. The normalized spacial score (nSPS) is 10.5. The molecule has 0 unspecified atom stereocenters. The lowest BCUT2D eigenvalue weighted by Crippen LogP contribution is -1.96. The van der Waals surface area contributed by atoms with Gasteiger partial charge in [-0.3, -0.25) is 0 Å². The zero-order chi connectivity index (χ0) is 9.46. The molecule has 0 heterocycles. The Kier molecular flexibility index (Phi) is 3.11. The van der Waals surface area contributed by atoms with Gasteiger partial charge in [0.15, 0.2) is 17.5 Å². The second kappa shape index (κ2) is 3.59. The van der Waals surface area contributed by atoms with Crippen LogP contribution in [0.1, 0.15) is 0 Å². The topological polar surface area (TPSA) is 0 Å². The minimum absolute atomic E-state index is 0.500. The van der Waals surface area contributed by atoms with Crippen molar-refractivity contribution in [2.75, 3.05) is 0 Å². The van der Waals surface area contributed by atoms with Gasteiger partial charge in [-0.15, -0.1) is 0 Å². The number of rotatable bonds is 0. The molecular formula is C6Cl2F3I. The van der Waals surface area contributed by atoms with Crippen LogP contribution in [0.4, 0.5) is 13.2 Å². The molecule has 0 saturated carbocycles. The Labute approximate surface area is 89.8 Å². The molecule has 12 heavy (non-hydrogen) atoms. The maximum Gasteiger partial charge on any atom is 0.180 e. The third-order valence-electron chi connectivity index (χ3n) is 1.16. The van der Waals surface area contributed by atoms with Gasteiger partial charge in [-0.05, 0) is 22.6 Å². The zero-order valence-corrected chi connectivity index (χ0v) is 8.94. The van der Waals surface area contributed by atoms with Crippen LogP contribution in [0.5, 0.6) is 0 Å². The summed E-state index contributed by atoms with van der Waals surface area (Å²) < 4.78 is 37.6. The van der Waals surface area contributed by atoms with Gasteiger partial charge in [0.1, 0.15) is 5.02 Å². The molecule has 0 spiro atoms. The molecular weight excluding hydrogens is 327 g/mol. The molecule has 0 bridgehead atoms. The lowest BCUT2D eigenvalue weighted by atomic mass is 10.3. The average Bonchev–Trinajstić information content (AvgIpc) is 2.08. The summed E-state index contributed by atoms with van der Waals surface area (Å²) in [6, 6.07) is 0. The van der Waals surface area contributed by atoms with E-state index < -0.39 is 31.1 Å². The summed E-state index contributed by atoms with van der Waals surface area (Å²) in [6.45, 7) is 0. The zero-order valence-electron chi connectivity index (χ0n) is 5.27. The predicted octanol–water partition coefficient (Wildman–Crippen LogP) is 4.02. The lowest BCUT2D eigenvalue weighted by molar-refractivity contribution is 0.487. The molecule has 1 aromatic rings. The highest BCUT2D eigenvalue weighted by molar-refractivity contribution is 14.1. The molecule has 0 fully saturated rings. The van der Waals surface area contributed by atoms with Gasteiger partial charge in [0, 0.05) is 0 Å². The van der Waals surface area contributed by atoms with Crippen molar-refractivity contribution in [3.8, 4) is 0 Å². The van der Waals surface area contributed by atoms with Gasteiger partial charge in [-0.2, -0.15) is 0 Å². The van der Waals surface area contributed by atoms with Crippen molar-refractivity contribution in [1.82, 2.24) is 0 Å². The first kappa shape index (κ1) is 10.4. The first-order valence-corrected chi connectivity index (χ1v) is 4.47. The lowest BCUT2D eigenvalue weighted by Gasteiger charge is -2.03. The van der Waals surface area contributed by atoms with Gasteiger partial charge in [0.05, 0.1) is 8.59 Å². The Morgan fingerprint density at radius 2 is 1.25 bits per heavy atom. The SMILES string of the molecule is Fc1c(F)c(I)c(F)c(Cl)c1Cl. The van der Waals surface area contributed by atoms with Crippen molar-refractivity contribution in [3.05, 3.63) is 31.1 Å². The number of hydrogen-bond donors (Lipinski definition) is 0. The van der Waals surface area contributed by atoms with E-state index in [1.807, 2.05) is 0 Å². The Bertz CT molecular complexity index is 235. The number of benzene rings is 1. The van der Waals surface area contributed by atoms with E-state index in [1.165, 1.54) is 22.6 Å². The molecule has 1 rings (SSSR count). The fraction of sp³-hybridized carbons (Fsp3) is 0. The van der Waals surface area contributed by atoms with Crippen LogP contribution in [-0.4, -0.2) is 0 Å². The van der Waals surface area contributed by atoms with Crippen molar-refractivity contribution in [1.29, 1.82) is 0 Å². The second-order valence-corrected chi connectivity index (χ2v) is 3.72. The molecule has 0 amide bonds. The molecule has 1 aromatic carbocycles. The van der Waals surface area contributed by atoms with Crippen molar-refractivity contribution in [2.24, 2.45) is 0 Å². The summed E-state index contributed by atoms with van der Waals surface area (Å²) in [4.78, 5) is 0.